The lowest BCUT2D eigenvalue weighted by Gasteiger charge is -2.40. The summed E-state index contributed by atoms with van der Waals surface area (Å²) in [5.41, 5.74) is -2.40. The maximum Gasteiger partial charge on any atom is 0.329 e. The van der Waals surface area contributed by atoms with Crippen LogP contribution in [0, 0.1) is 5.41 Å². The van der Waals surface area contributed by atoms with Crippen molar-refractivity contribution in [2.24, 2.45) is 5.41 Å². The third kappa shape index (κ3) is 5.19. The maximum absolute atomic E-state index is 13.9. The largest absolute Gasteiger partial charge is 0.480 e. The molecule has 30 heavy (non-hydrogen) atoms. The van der Waals surface area contributed by atoms with E-state index in [1.54, 1.807) is 27.0 Å². The summed E-state index contributed by atoms with van der Waals surface area (Å²) >= 11 is 0. The van der Waals surface area contributed by atoms with Gasteiger partial charge >= 0.3 is 5.97 Å². The van der Waals surface area contributed by atoms with E-state index in [4.69, 9.17) is 12.2 Å². The van der Waals surface area contributed by atoms with Gasteiger partial charge in [0.15, 0.2) is 0 Å². The van der Waals surface area contributed by atoms with Crippen molar-refractivity contribution >= 4 is 17.6 Å². The zero-order chi connectivity index (χ0) is 24.3. The molecule has 0 saturated carbocycles. The molecule has 1 aromatic rings. The van der Waals surface area contributed by atoms with Crippen LogP contribution in [0.25, 0.3) is 0 Å². The zero-order valence-corrected chi connectivity index (χ0v) is 18.1. The molecule has 0 radical (unpaired) electrons. The average Bonchev–Trinajstić information content (AvgIpc) is 2.69. The molecule has 0 aromatic carbocycles. The Labute approximate surface area is 179 Å². The van der Waals surface area contributed by atoms with Gasteiger partial charge in [-0.15, -0.1) is 0 Å². The van der Waals surface area contributed by atoms with Crippen molar-refractivity contribution in [3.63, 3.8) is 0 Å². The minimum Gasteiger partial charge on any atom is -0.480 e. The number of rotatable bonds is 11. The van der Waals surface area contributed by atoms with Gasteiger partial charge in [-0.3, -0.25) is 9.18 Å². The number of nitrogens with one attached hydrogen (secondary N) is 1. The standard InChI is InChI=1S/C21H32FN3O5/c1-6-21(7-2,19(27)28)24-17(26)15-8-9-16(25-10-14(11-25)29-5)18(23-15)30-13-20(3,4)12-22/h8-9,14H,6-7,10-13H2,1-5H3,(H,24,26)(H,27,28)/i12D2. The smallest absolute Gasteiger partial charge is 0.329 e. The fraction of sp³-hybridized carbons (Fsp3) is 0.667. The van der Waals surface area contributed by atoms with Gasteiger partial charge in [0.2, 0.25) is 5.88 Å². The van der Waals surface area contributed by atoms with Crippen LogP contribution in [0.15, 0.2) is 12.1 Å². The Morgan fingerprint density at radius 2 is 2.00 bits per heavy atom. The molecule has 1 saturated heterocycles. The number of carbonyl (C=O) groups excluding carboxylic acids is 1. The second kappa shape index (κ2) is 9.59. The van der Waals surface area contributed by atoms with Crippen LogP contribution in [-0.2, 0) is 9.53 Å². The number of halogens is 1. The first-order valence-electron chi connectivity index (χ1n) is 11.0. The van der Waals surface area contributed by atoms with Crippen LogP contribution in [-0.4, -0.2) is 67.0 Å². The van der Waals surface area contributed by atoms with Crippen LogP contribution in [0.5, 0.6) is 5.88 Å². The summed E-state index contributed by atoms with van der Waals surface area (Å²) in [4.78, 5) is 30.7. The van der Waals surface area contributed by atoms with Crippen molar-refractivity contribution in [3.05, 3.63) is 17.8 Å². The topological polar surface area (TPSA) is 101 Å². The Morgan fingerprint density at radius 3 is 2.50 bits per heavy atom. The molecule has 0 unspecified atom stereocenters. The summed E-state index contributed by atoms with van der Waals surface area (Å²) in [6.45, 7) is 3.94. The number of anilines is 1. The van der Waals surface area contributed by atoms with E-state index in [1.807, 2.05) is 4.90 Å². The van der Waals surface area contributed by atoms with Gasteiger partial charge in [0, 0.05) is 25.6 Å². The first-order chi connectivity index (χ1) is 14.8. The number of ether oxygens (including phenoxy) is 2. The lowest BCUT2D eigenvalue weighted by atomic mass is 9.92. The molecular weight excluding hydrogens is 393 g/mol. The summed E-state index contributed by atoms with van der Waals surface area (Å²) in [5.74, 6) is -1.77. The van der Waals surface area contributed by atoms with Gasteiger partial charge in [-0.2, -0.15) is 0 Å². The quantitative estimate of drug-likeness (QED) is 0.560. The Bertz CT molecular complexity index is 837. The van der Waals surface area contributed by atoms with Gasteiger partial charge in [-0.1, -0.05) is 27.7 Å². The Kier molecular flexibility index (Phi) is 6.66. The number of methoxy groups -OCH3 is 1. The number of alkyl halides is 1. The van der Waals surface area contributed by atoms with Crippen LogP contribution in [0.3, 0.4) is 0 Å². The second-order valence-electron chi connectivity index (χ2n) is 8.10. The van der Waals surface area contributed by atoms with Crippen molar-refractivity contribution in [1.29, 1.82) is 0 Å². The highest BCUT2D eigenvalue weighted by atomic mass is 19.1. The number of carboxylic acid groups (broad SMARTS) is 1. The minimum atomic E-state index is -3.00. The van der Waals surface area contributed by atoms with E-state index in [0.717, 1.165) is 0 Å². The van der Waals surface area contributed by atoms with E-state index >= 15 is 0 Å². The normalized spacial score (nSPS) is 16.4. The fourth-order valence-corrected chi connectivity index (χ4v) is 3.03. The Hall–Kier alpha value is -2.42. The number of hydrogen-bond donors (Lipinski definition) is 2. The molecule has 2 heterocycles. The summed E-state index contributed by atoms with van der Waals surface area (Å²) in [5, 5.41) is 12.1. The molecule has 168 valence electrons. The molecule has 1 amide bonds. The zero-order valence-electron chi connectivity index (χ0n) is 20.1. The van der Waals surface area contributed by atoms with E-state index in [2.05, 4.69) is 10.3 Å². The number of pyridine rings is 1. The number of aliphatic carboxylic acids is 1. The number of amides is 1. The molecule has 1 aliphatic rings. The minimum absolute atomic E-state index is 0.0348. The van der Waals surface area contributed by atoms with Crippen LogP contribution >= 0.6 is 0 Å². The number of carboxylic acids is 1. The first kappa shape index (κ1) is 20.8. The predicted octanol–water partition coefficient (Wildman–Crippen LogP) is 2.66. The molecular formula is C21H32FN3O5. The molecule has 2 N–H and O–H groups in total. The van der Waals surface area contributed by atoms with Gasteiger partial charge in [0.1, 0.15) is 16.9 Å². The highest BCUT2D eigenvalue weighted by molar-refractivity contribution is 5.96. The maximum atomic E-state index is 13.9. The molecule has 0 bridgehead atoms. The van der Waals surface area contributed by atoms with E-state index in [-0.39, 0.29) is 37.1 Å². The van der Waals surface area contributed by atoms with Crippen LogP contribution in [0.1, 0.15) is 53.8 Å². The van der Waals surface area contributed by atoms with E-state index < -0.39 is 29.5 Å². The van der Waals surface area contributed by atoms with E-state index in [9.17, 15) is 19.1 Å². The molecule has 0 atom stereocenters. The number of hydrogen-bond acceptors (Lipinski definition) is 6. The van der Waals surface area contributed by atoms with Crippen molar-refractivity contribution in [2.45, 2.75) is 52.2 Å². The summed E-state index contributed by atoms with van der Waals surface area (Å²) in [6, 6.07) is 3.09. The predicted molar refractivity (Wildman–Crippen MR) is 111 cm³/mol. The average molecular weight is 428 g/mol. The van der Waals surface area contributed by atoms with Gasteiger partial charge in [0.25, 0.3) is 5.91 Å². The fourth-order valence-electron chi connectivity index (χ4n) is 3.03. The molecule has 9 heteroatoms. The van der Waals surface area contributed by atoms with E-state index in [1.165, 1.54) is 19.9 Å². The van der Waals surface area contributed by atoms with Crippen LogP contribution < -0.4 is 15.0 Å². The lowest BCUT2D eigenvalue weighted by molar-refractivity contribution is -0.144. The van der Waals surface area contributed by atoms with Crippen molar-refractivity contribution in [3.8, 4) is 5.88 Å². The highest BCUT2D eigenvalue weighted by Crippen LogP contribution is 2.32. The van der Waals surface area contributed by atoms with Crippen LogP contribution in [0.2, 0.25) is 0 Å². The number of aromatic nitrogens is 1. The van der Waals surface area contributed by atoms with E-state index in [0.29, 0.717) is 18.8 Å². The molecule has 1 fully saturated rings. The Morgan fingerprint density at radius 1 is 1.37 bits per heavy atom. The molecule has 0 spiro atoms. The van der Waals surface area contributed by atoms with Crippen molar-refractivity contribution < 1.29 is 31.3 Å². The second-order valence-corrected chi connectivity index (χ2v) is 8.10. The van der Waals surface area contributed by atoms with Gasteiger partial charge < -0.3 is 24.8 Å². The van der Waals surface area contributed by atoms with Crippen LogP contribution in [0.4, 0.5) is 10.1 Å². The van der Waals surface area contributed by atoms with Gasteiger partial charge in [-0.25, -0.2) is 9.78 Å². The SMILES string of the molecule is [2H]C([2H])(F)C(C)(C)COc1nc(C(=O)NC(CC)(CC)C(=O)O)ccc1N1CC(OC)C1. The molecule has 0 aliphatic carbocycles. The van der Waals surface area contributed by atoms with Crippen molar-refractivity contribution in [2.75, 3.05) is 38.3 Å². The molecule has 8 nitrogen and oxygen atoms in total. The number of carbonyl (C=O) groups is 2. The molecule has 2 rings (SSSR count). The van der Waals surface area contributed by atoms with Gasteiger partial charge in [-0.05, 0) is 25.0 Å². The molecule has 1 aromatic heterocycles. The number of nitrogens with zero attached hydrogens (tertiary/aromatic N) is 2. The molecule has 1 aliphatic heterocycles. The van der Waals surface area contributed by atoms with Crippen molar-refractivity contribution in [1.82, 2.24) is 10.3 Å². The first-order valence-corrected chi connectivity index (χ1v) is 9.96. The summed E-state index contributed by atoms with van der Waals surface area (Å²) in [6.07, 6.45) is 0.420. The third-order valence-electron chi connectivity index (χ3n) is 5.39. The lowest BCUT2D eigenvalue weighted by Crippen LogP contribution is -2.54. The Balaban J connectivity index is 2.33. The van der Waals surface area contributed by atoms with Gasteiger partial charge in [0.05, 0.1) is 22.1 Å². The monoisotopic (exact) mass is 427 g/mol. The summed E-state index contributed by atoms with van der Waals surface area (Å²) in [7, 11) is 1.60. The third-order valence-corrected chi connectivity index (χ3v) is 5.39. The summed E-state index contributed by atoms with van der Waals surface area (Å²) < 4.78 is 39.7. The highest BCUT2D eigenvalue weighted by Gasteiger charge is 2.37.